The smallest absolute Gasteiger partial charge is 0.271 e. The van der Waals surface area contributed by atoms with E-state index < -0.39 is 5.91 Å². The van der Waals surface area contributed by atoms with Gasteiger partial charge in [0.1, 0.15) is 17.3 Å². The summed E-state index contributed by atoms with van der Waals surface area (Å²) in [5.41, 5.74) is 4.19. The lowest BCUT2D eigenvalue weighted by atomic mass is 10.2. The van der Waals surface area contributed by atoms with Crippen molar-refractivity contribution in [3.8, 4) is 11.5 Å². The second kappa shape index (κ2) is 9.33. The van der Waals surface area contributed by atoms with Gasteiger partial charge in [0.25, 0.3) is 5.91 Å². The Balaban J connectivity index is 1.96. The fraction of sp³-hybridized carbons (Fsp3) is 0.263. The summed E-state index contributed by atoms with van der Waals surface area (Å²) in [7, 11) is 3.00. The monoisotopic (exact) mass is 370 g/mol. The summed E-state index contributed by atoms with van der Waals surface area (Å²) in [6.07, 6.45) is 1.64. The number of hydrogen-bond donors (Lipinski definition) is 2. The molecule has 8 nitrogen and oxygen atoms in total. The van der Waals surface area contributed by atoms with Gasteiger partial charge in [0, 0.05) is 23.5 Å². The van der Waals surface area contributed by atoms with Crippen molar-refractivity contribution in [2.45, 2.75) is 20.3 Å². The maximum atomic E-state index is 12.3. The van der Waals surface area contributed by atoms with Crippen LogP contribution in [0.2, 0.25) is 0 Å². The number of hydrogen-bond acceptors (Lipinski definition) is 6. The highest BCUT2D eigenvalue weighted by atomic mass is 16.5. The summed E-state index contributed by atoms with van der Waals surface area (Å²) in [6, 6.07) is 8.40. The van der Waals surface area contributed by atoms with E-state index in [4.69, 9.17) is 9.47 Å². The van der Waals surface area contributed by atoms with E-state index in [-0.39, 0.29) is 12.3 Å². The Hall–Kier alpha value is -3.42. The molecule has 0 aliphatic rings. The van der Waals surface area contributed by atoms with Gasteiger partial charge in [-0.3, -0.25) is 9.59 Å². The van der Waals surface area contributed by atoms with Crippen molar-refractivity contribution in [3.05, 3.63) is 47.7 Å². The number of anilines is 1. The number of rotatable bonds is 7. The fourth-order valence-corrected chi connectivity index (χ4v) is 2.21. The molecule has 1 aromatic carbocycles. The van der Waals surface area contributed by atoms with E-state index in [2.05, 4.69) is 20.8 Å². The highest BCUT2D eigenvalue weighted by Crippen LogP contribution is 2.22. The summed E-state index contributed by atoms with van der Waals surface area (Å²) in [5, 5.41) is 6.65. The van der Waals surface area contributed by atoms with Gasteiger partial charge >= 0.3 is 0 Å². The minimum atomic E-state index is -0.438. The number of benzene rings is 1. The van der Waals surface area contributed by atoms with Crippen molar-refractivity contribution in [1.29, 1.82) is 0 Å². The lowest BCUT2D eigenvalue weighted by molar-refractivity contribution is -0.115. The van der Waals surface area contributed by atoms with E-state index in [1.807, 2.05) is 13.0 Å². The first kappa shape index (κ1) is 19.9. The van der Waals surface area contributed by atoms with Crippen molar-refractivity contribution in [3.63, 3.8) is 0 Å². The van der Waals surface area contributed by atoms with Crippen molar-refractivity contribution in [2.24, 2.45) is 5.10 Å². The molecule has 1 heterocycles. The Kier molecular flexibility index (Phi) is 6.87. The van der Waals surface area contributed by atoms with Gasteiger partial charge in [-0.25, -0.2) is 10.4 Å². The van der Waals surface area contributed by atoms with Crippen molar-refractivity contribution < 1.29 is 19.1 Å². The lowest BCUT2D eigenvalue weighted by Crippen LogP contribution is -2.21. The first-order valence-electron chi connectivity index (χ1n) is 8.20. The van der Waals surface area contributed by atoms with Crippen LogP contribution >= 0.6 is 0 Å². The lowest BCUT2D eigenvalue weighted by Gasteiger charge is -2.08. The molecule has 0 bridgehead atoms. The van der Waals surface area contributed by atoms with Crippen LogP contribution in [0, 0.1) is 6.92 Å². The van der Waals surface area contributed by atoms with E-state index in [1.54, 1.807) is 37.4 Å². The summed E-state index contributed by atoms with van der Waals surface area (Å²) in [5.74, 6) is 0.745. The molecule has 0 saturated heterocycles. The highest BCUT2D eigenvalue weighted by molar-refractivity contribution is 6.05. The van der Waals surface area contributed by atoms with Gasteiger partial charge in [-0.15, -0.1) is 0 Å². The number of carbonyl (C=O) groups excluding carboxylic acids is 2. The first-order valence-corrected chi connectivity index (χ1v) is 8.20. The van der Waals surface area contributed by atoms with Crippen LogP contribution in [0.4, 0.5) is 5.82 Å². The molecule has 0 saturated carbocycles. The van der Waals surface area contributed by atoms with Crippen LogP contribution in [0.1, 0.15) is 29.3 Å². The number of nitrogens with one attached hydrogen (secondary N) is 2. The number of aromatic nitrogens is 1. The third kappa shape index (κ3) is 6.10. The van der Waals surface area contributed by atoms with Crippen LogP contribution < -0.4 is 20.2 Å². The van der Waals surface area contributed by atoms with Crippen LogP contribution in [-0.2, 0) is 4.79 Å². The molecule has 2 aromatic rings. The van der Waals surface area contributed by atoms with Crippen molar-refractivity contribution in [1.82, 2.24) is 10.4 Å². The molecule has 0 atom stereocenters. The maximum Gasteiger partial charge on any atom is 0.271 e. The normalized spacial score (nSPS) is 10.9. The van der Waals surface area contributed by atoms with E-state index in [9.17, 15) is 9.59 Å². The average molecular weight is 370 g/mol. The van der Waals surface area contributed by atoms with E-state index in [0.717, 1.165) is 5.56 Å². The Morgan fingerprint density at radius 2 is 1.78 bits per heavy atom. The van der Waals surface area contributed by atoms with Crippen molar-refractivity contribution >= 4 is 23.3 Å². The van der Waals surface area contributed by atoms with Crippen molar-refractivity contribution in [2.75, 3.05) is 19.5 Å². The fourth-order valence-electron chi connectivity index (χ4n) is 2.21. The number of aryl methyl sites for hydroxylation is 1. The zero-order valence-corrected chi connectivity index (χ0v) is 15.7. The summed E-state index contributed by atoms with van der Waals surface area (Å²) in [6.45, 7) is 3.56. The molecule has 0 aliphatic heterocycles. The second-order valence-electron chi connectivity index (χ2n) is 5.83. The van der Waals surface area contributed by atoms with Crippen LogP contribution in [-0.4, -0.2) is 36.7 Å². The van der Waals surface area contributed by atoms with E-state index in [1.165, 1.54) is 14.2 Å². The minimum absolute atomic E-state index is 0.0251. The van der Waals surface area contributed by atoms with E-state index >= 15 is 0 Å². The number of ether oxygens (including phenoxy) is 2. The third-order valence-corrected chi connectivity index (χ3v) is 3.56. The second-order valence-corrected chi connectivity index (χ2v) is 5.83. The molecule has 2 N–H and O–H groups in total. The number of methoxy groups -OCH3 is 2. The van der Waals surface area contributed by atoms with Crippen LogP contribution in [0.3, 0.4) is 0 Å². The molecular weight excluding hydrogens is 348 g/mol. The Morgan fingerprint density at radius 3 is 2.37 bits per heavy atom. The van der Waals surface area contributed by atoms with Crippen LogP contribution in [0.15, 0.2) is 41.6 Å². The zero-order valence-electron chi connectivity index (χ0n) is 15.7. The summed E-state index contributed by atoms with van der Waals surface area (Å²) in [4.78, 5) is 28.4. The van der Waals surface area contributed by atoms with Gasteiger partial charge in [0.05, 0.1) is 20.6 Å². The molecule has 142 valence electrons. The Labute approximate surface area is 157 Å². The highest BCUT2D eigenvalue weighted by Gasteiger charge is 2.10. The van der Waals surface area contributed by atoms with Crippen LogP contribution in [0.5, 0.6) is 11.5 Å². The number of pyridine rings is 1. The molecule has 1 aromatic heterocycles. The van der Waals surface area contributed by atoms with Gasteiger partial charge in [0.2, 0.25) is 5.91 Å². The van der Waals surface area contributed by atoms with Gasteiger partial charge in [-0.05, 0) is 43.7 Å². The third-order valence-electron chi connectivity index (χ3n) is 3.56. The molecule has 0 unspecified atom stereocenters. The molecule has 27 heavy (non-hydrogen) atoms. The minimum Gasteiger partial charge on any atom is -0.497 e. The Bertz CT molecular complexity index is 842. The standard InChI is InChI=1S/C19H22N4O4/c1-12-5-6-20-17(7-12)21-18(24)8-13(2)22-23-19(25)14-9-15(26-3)11-16(10-14)27-4/h5-7,9-11H,8H2,1-4H3,(H,23,25)(H,20,21,24)/b22-13+. The molecule has 0 aliphatic carbocycles. The van der Waals surface area contributed by atoms with Gasteiger partial charge < -0.3 is 14.8 Å². The molecular formula is C19H22N4O4. The predicted molar refractivity (Wildman–Crippen MR) is 102 cm³/mol. The number of nitrogens with zero attached hydrogens (tertiary/aromatic N) is 2. The molecule has 8 heteroatoms. The van der Waals surface area contributed by atoms with E-state index in [0.29, 0.717) is 28.6 Å². The topological polar surface area (TPSA) is 102 Å². The quantitative estimate of drug-likeness (QED) is 0.576. The summed E-state index contributed by atoms with van der Waals surface area (Å²) < 4.78 is 10.3. The molecule has 2 amide bonds. The number of amides is 2. The number of hydrazone groups is 1. The zero-order chi connectivity index (χ0) is 19.8. The average Bonchev–Trinajstić information content (AvgIpc) is 2.65. The molecule has 0 spiro atoms. The largest absolute Gasteiger partial charge is 0.497 e. The molecule has 0 radical (unpaired) electrons. The van der Waals surface area contributed by atoms with Gasteiger partial charge in [-0.1, -0.05) is 0 Å². The van der Waals surface area contributed by atoms with Gasteiger partial charge in [0.15, 0.2) is 0 Å². The molecule has 2 rings (SSSR count). The molecule has 0 fully saturated rings. The van der Waals surface area contributed by atoms with Gasteiger partial charge in [-0.2, -0.15) is 5.10 Å². The first-order chi connectivity index (χ1) is 12.9. The Morgan fingerprint density at radius 1 is 1.11 bits per heavy atom. The summed E-state index contributed by atoms with van der Waals surface area (Å²) >= 11 is 0. The predicted octanol–water partition coefficient (Wildman–Crippen LogP) is 2.54. The SMILES string of the molecule is COc1cc(OC)cc(C(=O)N/N=C(\C)CC(=O)Nc2cc(C)ccn2)c1. The van der Waals surface area contributed by atoms with Crippen LogP contribution in [0.25, 0.3) is 0 Å². The maximum absolute atomic E-state index is 12.3. The number of carbonyl (C=O) groups is 2.